The molecular weight excluding hydrogens is 391 g/mol. The van der Waals surface area contributed by atoms with Crippen molar-refractivity contribution in [3.05, 3.63) is 60.7 Å². The van der Waals surface area contributed by atoms with Gasteiger partial charge in [-0.3, -0.25) is 20.6 Å². The molecule has 12 heteroatoms. The summed E-state index contributed by atoms with van der Waals surface area (Å²) in [6.07, 6.45) is -2.11. The first-order chi connectivity index (χ1) is 13.8. The number of nitrogens with one attached hydrogen (secondary N) is 3. The summed E-state index contributed by atoms with van der Waals surface area (Å²) in [6.45, 7) is 0. The molecule has 0 saturated carbocycles. The van der Waals surface area contributed by atoms with E-state index in [4.69, 9.17) is 5.73 Å². The molecule has 3 aromatic rings. The van der Waals surface area contributed by atoms with E-state index in [0.717, 1.165) is 12.1 Å². The number of pyridine rings is 1. The van der Waals surface area contributed by atoms with E-state index in [-0.39, 0.29) is 28.8 Å². The lowest BCUT2D eigenvalue weighted by Crippen LogP contribution is -2.31. The third kappa shape index (κ3) is 5.45. The number of ether oxygens (including phenoxy) is 1. The maximum Gasteiger partial charge on any atom is 0.573 e. The van der Waals surface area contributed by atoms with Crippen LogP contribution >= 0.6 is 0 Å². The van der Waals surface area contributed by atoms with Crippen molar-refractivity contribution in [3.63, 3.8) is 0 Å². The molecule has 0 spiro atoms. The van der Waals surface area contributed by atoms with Crippen molar-refractivity contribution in [2.75, 3.05) is 16.5 Å². The Bertz CT molecular complexity index is 983. The molecular formula is C17H14F3N7O2. The quantitative estimate of drug-likeness (QED) is 0.461. The highest BCUT2D eigenvalue weighted by Crippen LogP contribution is 2.28. The van der Waals surface area contributed by atoms with Gasteiger partial charge in [0.25, 0.3) is 5.91 Å². The number of nitrogens with zero attached hydrogens (tertiary/aromatic N) is 3. The zero-order valence-corrected chi connectivity index (χ0v) is 14.6. The minimum atomic E-state index is -4.77. The number of hydrazine groups is 1. The van der Waals surface area contributed by atoms with Crippen LogP contribution in [0.5, 0.6) is 5.75 Å². The number of halogens is 3. The molecule has 5 N–H and O–H groups in total. The fourth-order valence-corrected chi connectivity index (χ4v) is 2.15. The maximum absolute atomic E-state index is 12.2. The first-order valence-corrected chi connectivity index (χ1v) is 8.02. The summed E-state index contributed by atoms with van der Waals surface area (Å²) in [5.41, 5.74) is 11.6. The van der Waals surface area contributed by atoms with Gasteiger partial charge in [-0.05, 0) is 36.4 Å². The highest BCUT2D eigenvalue weighted by molar-refractivity contribution is 5.93. The van der Waals surface area contributed by atoms with Crippen LogP contribution in [0.1, 0.15) is 10.5 Å². The van der Waals surface area contributed by atoms with Gasteiger partial charge in [0.1, 0.15) is 23.5 Å². The summed E-state index contributed by atoms with van der Waals surface area (Å²) in [4.78, 5) is 23.8. The van der Waals surface area contributed by atoms with E-state index in [1.165, 1.54) is 30.7 Å². The van der Waals surface area contributed by atoms with E-state index < -0.39 is 12.3 Å². The average molecular weight is 405 g/mol. The molecule has 0 saturated heterocycles. The summed E-state index contributed by atoms with van der Waals surface area (Å²) >= 11 is 0. The Morgan fingerprint density at radius 2 is 1.72 bits per heavy atom. The minimum absolute atomic E-state index is 0.0736. The number of anilines is 4. The van der Waals surface area contributed by atoms with Gasteiger partial charge in [-0.25, -0.2) is 9.97 Å². The van der Waals surface area contributed by atoms with Crippen molar-refractivity contribution in [1.82, 2.24) is 20.4 Å². The summed E-state index contributed by atoms with van der Waals surface area (Å²) in [5, 5.41) is 2.84. The van der Waals surface area contributed by atoms with E-state index >= 15 is 0 Å². The topological polar surface area (TPSA) is 127 Å². The molecule has 9 nitrogen and oxygen atoms in total. The number of nitrogen functional groups attached to an aromatic ring is 1. The van der Waals surface area contributed by atoms with Crippen LogP contribution in [-0.4, -0.2) is 27.2 Å². The fraction of sp³-hybridized carbons (Fsp3) is 0.0588. The first kappa shape index (κ1) is 19.7. The molecule has 150 valence electrons. The number of nitrogens with two attached hydrogens (primary N) is 1. The van der Waals surface area contributed by atoms with Crippen LogP contribution in [-0.2, 0) is 0 Å². The summed E-state index contributed by atoms with van der Waals surface area (Å²) < 4.78 is 40.4. The number of benzene rings is 1. The van der Waals surface area contributed by atoms with Crippen molar-refractivity contribution >= 4 is 28.9 Å². The zero-order valence-electron chi connectivity index (χ0n) is 14.6. The number of carbonyl (C=O) groups is 1. The van der Waals surface area contributed by atoms with Gasteiger partial charge in [-0.1, -0.05) is 6.07 Å². The van der Waals surface area contributed by atoms with E-state index in [0.29, 0.717) is 5.69 Å². The molecule has 0 atom stereocenters. The lowest BCUT2D eigenvalue weighted by Gasteiger charge is -2.13. The smallest absolute Gasteiger partial charge is 0.406 e. The summed E-state index contributed by atoms with van der Waals surface area (Å²) in [5.74, 6) is -0.570. The maximum atomic E-state index is 12.2. The lowest BCUT2D eigenvalue weighted by molar-refractivity contribution is -0.274. The molecule has 2 heterocycles. The van der Waals surface area contributed by atoms with Crippen LogP contribution in [0.3, 0.4) is 0 Å². The minimum Gasteiger partial charge on any atom is -0.406 e. The van der Waals surface area contributed by atoms with Crippen LogP contribution in [0.4, 0.5) is 36.2 Å². The first-order valence-electron chi connectivity index (χ1n) is 8.02. The predicted molar refractivity (Wildman–Crippen MR) is 98.2 cm³/mol. The summed E-state index contributed by atoms with van der Waals surface area (Å²) in [6, 6.07) is 9.86. The Balaban J connectivity index is 1.66. The van der Waals surface area contributed by atoms with Crippen LogP contribution in [0, 0.1) is 0 Å². The molecule has 0 radical (unpaired) electrons. The molecule has 29 heavy (non-hydrogen) atoms. The third-order valence-electron chi connectivity index (χ3n) is 3.43. The second kappa shape index (κ2) is 8.29. The SMILES string of the molecule is Nc1c(NNC(=O)c2ccccn2)ncnc1Nc1ccc(OC(F)(F)F)cc1. The normalized spacial score (nSPS) is 10.9. The number of aromatic nitrogens is 3. The number of alkyl halides is 3. The van der Waals surface area contributed by atoms with Gasteiger partial charge in [0, 0.05) is 11.9 Å². The zero-order chi connectivity index (χ0) is 20.9. The number of hydrogen-bond donors (Lipinski definition) is 4. The fourth-order valence-electron chi connectivity index (χ4n) is 2.15. The Morgan fingerprint density at radius 1 is 1.00 bits per heavy atom. The highest BCUT2D eigenvalue weighted by atomic mass is 19.4. The summed E-state index contributed by atoms with van der Waals surface area (Å²) in [7, 11) is 0. The van der Waals surface area contributed by atoms with Crippen LogP contribution in [0.15, 0.2) is 55.0 Å². The monoisotopic (exact) mass is 405 g/mol. The Hall–Kier alpha value is -4.09. The van der Waals surface area contributed by atoms with Gasteiger partial charge in [-0.2, -0.15) is 0 Å². The van der Waals surface area contributed by atoms with Gasteiger partial charge in [0.2, 0.25) is 0 Å². The van der Waals surface area contributed by atoms with Crippen molar-refractivity contribution in [2.24, 2.45) is 0 Å². The molecule has 0 fully saturated rings. The molecule has 0 aliphatic rings. The van der Waals surface area contributed by atoms with Crippen LogP contribution in [0.2, 0.25) is 0 Å². The molecule has 0 bridgehead atoms. The van der Waals surface area contributed by atoms with E-state index in [2.05, 4.69) is 35.9 Å². The molecule has 2 aromatic heterocycles. The van der Waals surface area contributed by atoms with Gasteiger partial charge >= 0.3 is 6.36 Å². The van der Waals surface area contributed by atoms with Gasteiger partial charge in [0.05, 0.1) is 0 Å². The standard InChI is InChI=1S/C17H14F3N7O2/c18-17(19,20)29-11-6-4-10(5-7-11)25-14-13(21)15(24-9-23-14)26-27-16(28)12-3-1-2-8-22-12/h1-9H,21H2,(H,27,28)(H2,23,24,25,26). The van der Waals surface area contributed by atoms with Gasteiger partial charge in [0.15, 0.2) is 11.6 Å². The highest BCUT2D eigenvalue weighted by Gasteiger charge is 2.30. The van der Waals surface area contributed by atoms with Crippen molar-refractivity contribution < 1.29 is 22.7 Å². The Labute approximate surface area is 162 Å². The molecule has 3 rings (SSSR count). The lowest BCUT2D eigenvalue weighted by atomic mass is 10.3. The molecule has 1 amide bonds. The van der Waals surface area contributed by atoms with Crippen molar-refractivity contribution in [3.8, 4) is 5.75 Å². The van der Waals surface area contributed by atoms with Crippen LogP contribution in [0.25, 0.3) is 0 Å². The van der Waals surface area contributed by atoms with Crippen molar-refractivity contribution in [2.45, 2.75) is 6.36 Å². The Kier molecular flexibility index (Phi) is 5.62. The van der Waals surface area contributed by atoms with E-state index in [9.17, 15) is 18.0 Å². The molecule has 0 unspecified atom stereocenters. The molecule has 1 aromatic carbocycles. The third-order valence-corrected chi connectivity index (χ3v) is 3.43. The van der Waals surface area contributed by atoms with Gasteiger partial charge in [-0.15, -0.1) is 13.2 Å². The number of amides is 1. The largest absolute Gasteiger partial charge is 0.573 e. The number of hydrogen-bond acceptors (Lipinski definition) is 8. The van der Waals surface area contributed by atoms with E-state index in [1.54, 1.807) is 12.1 Å². The van der Waals surface area contributed by atoms with Crippen LogP contribution < -0.4 is 26.6 Å². The van der Waals surface area contributed by atoms with Gasteiger partial charge < -0.3 is 15.8 Å². The molecule has 0 aliphatic carbocycles. The molecule has 0 aliphatic heterocycles. The van der Waals surface area contributed by atoms with E-state index in [1.807, 2.05) is 0 Å². The predicted octanol–water partition coefficient (Wildman–Crippen LogP) is 2.85. The second-order valence-electron chi connectivity index (χ2n) is 5.48. The Morgan fingerprint density at radius 3 is 2.38 bits per heavy atom. The second-order valence-corrected chi connectivity index (χ2v) is 5.48. The van der Waals surface area contributed by atoms with Crippen molar-refractivity contribution in [1.29, 1.82) is 0 Å². The average Bonchev–Trinajstić information content (AvgIpc) is 2.69. The number of rotatable bonds is 6. The number of carbonyl (C=O) groups excluding carboxylic acids is 1.